The molecule has 27 heavy (non-hydrogen) atoms. The van der Waals surface area contributed by atoms with Crippen molar-refractivity contribution in [3.05, 3.63) is 35.4 Å². The van der Waals surface area contributed by atoms with Gasteiger partial charge in [-0.1, -0.05) is 25.3 Å². The van der Waals surface area contributed by atoms with Crippen molar-refractivity contribution in [2.75, 3.05) is 14.2 Å². The van der Waals surface area contributed by atoms with Crippen LogP contribution in [0.1, 0.15) is 80.2 Å². The molecule has 6 nitrogen and oxygen atoms in total. The van der Waals surface area contributed by atoms with E-state index in [1.54, 1.807) is 14.2 Å². The van der Waals surface area contributed by atoms with Gasteiger partial charge in [-0.2, -0.15) is 5.10 Å². The van der Waals surface area contributed by atoms with E-state index in [0.29, 0.717) is 24.1 Å². The summed E-state index contributed by atoms with van der Waals surface area (Å²) in [6.45, 7) is 0. The van der Waals surface area contributed by atoms with E-state index in [0.717, 1.165) is 23.0 Å². The molecule has 2 saturated carbocycles. The molecule has 2 fully saturated rings. The highest BCUT2D eigenvalue weighted by Crippen LogP contribution is 2.39. The molecule has 6 heteroatoms. The molecule has 1 aromatic carbocycles. The summed E-state index contributed by atoms with van der Waals surface area (Å²) in [5.74, 6) is 4.04. The van der Waals surface area contributed by atoms with Gasteiger partial charge >= 0.3 is 0 Å². The third kappa shape index (κ3) is 3.95. The lowest BCUT2D eigenvalue weighted by Gasteiger charge is -2.24. The smallest absolute Gasteiger partial charge is 0.161 e. The van der Waals surface area contributed by atoms with E-state index in [4.69, 9.17) is 25.3 Å². The Bertz CT molecular complexity index is 778. The van der Waals surface area contributed by atoms with Crippen LogP contribution in [-0.2, 0) is 6.42 Å². The lowest BCUT2D eigenvalue weighted by molar-refractivity contribution is 0.318. The molecule has 2 aliphatic rings. The monoisotopic (exact) mass is 370 g/mol. The number of aromatic nitrogens is 3. The molecule has 0 aliphatic heterocycles. The van der Waals surface area contributed by atoms with Gasteiger partial charge in [0.2, 0.25) is 0 Å². The Kier molecular flexibility index (Phi) is 5.34. The maximum Gasteiger partial charge on any atom is 0.161 e. The van der Waals surface area contributed by atoms with Crippen LogP contribution in [0.5, 0.6) is 11.5 Å². The van der Waals surface area contributed by atoms with E-state index in [-0.39, 0.29) is 6.04 Å². The lowest BCUT2D eigenvalue weighted by Crippen LogP contribution is -2.21. The summed E-state index contributed by atoms with van der Waals surface area (Å²) in [6.07, 6.45) is 9.42. The van der Waals surface area contributed by atoms with E-state index in [9.17, 15) is 0 Å². The molecule has 146 valence electrons. The fraction of sp³-hybridized carbons (Fsp3) is 0.619. The third-order valence-electron chi connectivity index (χ3n) is 5.82. The van der Waals surface area contributed by atoms with Gasteiger partial charge in [0.1, 0.15) is 5.82 Å². The quantitative estimate of drug-likeness (QED) is 0.799. The minimum absolute atomic E-state index is 0.150. The Hall–Kier alpha value is -2.08. The van der Waals surface area contributed by atoms with Crippen molar-refractivity contribution < 1.29 is 9.47 Å². The fourth-order valence-corrected chi connectivity index (χ4v) is 4.04. The molecule has 2 aliphatic carbocycles. The molecule has 4 rings (SSSR count). The number of benzene rings is 1. The first-order valence-electron chi connectivity index (χ1n) is 10.1. The Balaban J connectivity index is 1.57. The van der Waals surface area contributed by atoms with Crippen molar-refractivity contribution in [3.8, 4) is 11.5 Å². The van der Waals surface area contributed by atoms with Crippen LogP contribution in [0.3, 0.4) is 0 Å². The highest BCUT2D eigenvalue weighted by atomic mass is 16.5. The van der Waals surface area contributed by atoms with Gasteiger partial charge in [-0.15, -0.1) is 0 Å². The van der Waals surface area contributed by atoms with E-state index in [2.05, 4.69) is 4.68 Å². The minimum atomic E-state index is -0.150. The second-order valence-electron chi connectivity index (χ2n) is 7.82. The van der Waals surface area contributed by atoms with Gasteiger partial charge < -0.3 is 15.2 Å². The maximum absolute atomic E-state index is 6.56. The molecule has 1 heterocycles. The highest BCUT2D eigenvalue weighted by Gasteiger charge is 2.31. The number of hydrogen-bond acceptors (Lipinski definition) is 5. The summed E-state index contributed by atoms with van der Waals surface area (Å²) in [6, 6.07) is 6.21. The molecular weight excluding hydrogens is 340 g/mol. The first kappa shape index (κ1) is 18.3. The molecule has 2 aromatic rings. The van der Waals surface area contributed by atoms with Crippen LogP contribution in [0, 0.1) is 0 Å². The summed E-state index contributed by atoms with van der Waals surface area (Å²) < 4.78 is 13.0. The maximum atomic E-state index is 6.56. The lowest BCUT2D eigenvalue weighted by atomic mass is 9.95. The molecular formula is C21H30N4O2. The van der Waals surface area contributed by atoms with Gasteiger partial charge in [-0.3, -0.25) is 0 Å². The van der Waals surface area contributed by atoms with Crippen LogP contribution in [0.15, 0.2) is 18.2 Å². The summed E-state index contributed by atoms with van der Waals surface area (Å²) in [7, 11) is 3.29. The fourth-order valence-electron chi connectivity index (χ4n) is 4.04. The highest BCUT2D eigenvalue weighted by molar-refractivity contribution is 5.43. The molecule has 0 amide bonds. The van der Waals surface area contributed by atoms with Crippen LogP contribution in [0.4, 0.5) is 0 Å². The zero-order chi connectivity index (χ0) is 18.8. The minimum Gasteiger partial charge on any atom is -0.493 e. The van der Waals surface area contributed by atoms with Crippen molar-refractivity contribution in [1.82, 2.24) is 14.8 Å². The molecule has 0 saturated heterocycles. The van der Waals surface area contributed by atoms with Crippen LogP contribution < -0.4 is 15.2 Å². The number of rotatable bonds is 7. The zero-order valence-corrected chi connectivity index (χ0v) is 16.4. The summed E-state index contributed by atoms with van der Waals surface area (Å²) in [5.41, 5.74) is 7.59. The zero-order valence-electron chi connectivity index (χ0n) is 16.4. The predicted molar refractivity (Wildman–Crippen MR) is 104 cm³/mol. The summed E-state index contributed by atoms with van der Waals surface area (Å²) in [5, 5.41) is 4.91. The van der Waals surface area contributed by atoms with Crippen molar-refractivity contribution >= 4 is 0 Å². The van der Waals surface area contributed by atoms with Crippen LogP contribution in [0.25, 0.3) is 0 Å². The van der Waals surface area contributed by atoms with E-state index < -0.39 is 0 Å². The van der Waals surface area contributed by atoms with E-state index in [1.807, 2.05) is 18.2 Å². The number of methoxy groups -OCH3 is 2. The van der Waals surface area contributed by atoms with Gasteiger partial charge in [0.25, 0.3) is 0 Å². The standard InChI is InChI=1S/C21H30N4O2/c1-26-18-11-10-15(12-19(18)27-2)17(22)13-20-23-21(14-8-9-14)24-25(20)16-6-4-3-5-7-16/h10-12,14,16-17H,3-9,13,22H2,1-2H3. The normalized spacial score (nSPS) is 19.1. The number of ether oxygens (including phenoxy) is 2. The van der Waals surface area contributed by atoms with Gasteiger partial charge in [-0.25, -0.2) is 9.67 Å². The van der Waals surface area contributed by atoms with Crippen molar-refractivity contribution in [3.63, 3.8) is 0 Å². The largest absolute Gasteiger partial charge is 0.493 e. The number of hydrogen-bond donors (Lipinski definition) is 1. The summed E-state index contributed by atoms with van der Waals surface area (Å²) in [4.78, 5) is 4.91. The summed E-state index contributed by atoms with van der Waals surface area (Å²) >= 11 is 0. The molecule has 0 bridgehead atoms. The molecule has 0 radical (unpaired) electrons. The first-order chi connectivity index (χ1) is 13.2. The third-order valence-corrected chi connectivity index (χ3v) is 5.82. The van der Waals surface area contributed by atoms with Crippen LogP contribution in [0.2, 0.25) is 0 Å². The van der Waals surface area contributed by atoms with Gasteiger partial charge in [0.05, 0.1) is 20.3 Å². The van der Waals surface area contributed by atoms with Crippen molar-refractivity contribution in [2.45, 2.75) is 69.4 Å². The Labute approximate surface area is 161 Å². The van der Waals surface area contributed by atoms with Gasteiger partial charge in [0.15, 0.2) is 17.3 Å². The average Bonchev–Trinajstić information content (AvgIpc) is 3.48. The van der Waals surface area contributed by atoms with Crippen molar-refractivity contribution in [1.29, 1.82) is 0 Å². The van der Waals surface area contributed by atoms with Crippen LogP contribution >= 0.6 is 0 Å². The predicted octanol–water partition coefficient (Wildman–Crippen LogP) is 3.92. The first-order valence-corrected chi connectivity index (χ1v) is 10.1. The number of nitrogens with two attached hydrogens (primary N) is 1. The van der Waals surface area contributed by atoms with Crippen LogP contribution in [-0.4, -0.2) is 29.0 Å². The Morgan fingerprint density at radius 1 is 1.07 bits per heavy atom. The second-order valence-corrected chi connectivity index (χ2v) is 7.82. The van der Waals surface area contributed by atoms with Gasteiger partial charge in [0, 0.05) is 18.4 Å². The second kappa shape index (κ2) is 7.89. The Morgan fingerprint density at radius 3 is 2.48 bits per heavy atom. The number of nitrogens with zero attached hydrogens (tertiary/aromatic N) is 3. The topological polar surface area (TPSA) is 75.2 Å². The Morgan fingerprint density at radius 2 is 1.81 bits per heavy atom. The molecule has 1 aromatic heterocycles. The van der Waals surface area contributed by atoms with Crippen molar-refractivity contribution in [2.24, 2.45) is 5.73 Å². The molecule has 1 atom stereocenters. The SMILES string of the molecule is COc1ccc(C(N)Cc2nc(C3CC3)nn2C2CCCCC2)cc1OC. The average molecular weight is 370 g/mol. The van der Waals surface area contributed by atoms with Gasteiger partial charge in [-0.05, 0) is 43.4 Å². The van der Waals surface area contributed by atoms with E-state index >= 15 is 0 Å². The van der Waals surface area contributed by atoms with E-state index in [1.165, 1.54) is 44.9 Å². The molecule has 0 spiro atoms. The molecule has 2 N–H and O–H groups in total. The molecule has 1 unspecified atom stereocenters.